The van der Waals surface area contributed by atoms with Gasteiger partial charge in [0.1, 0.15) is 5.52 Å². The quantitative estimate of drug-likeness (QED) is 0.778. The molecule has 1 aliphatic heterocycles. The van der Waals surface area contributed by atoms with Crippen molar-refractivity contribution in [2.24, 2.45) is 0 Å². The van der Waals surface area contributed by atoms with E-state index in [4.69, 9.17) is 11.6 Å². The Morgan fingerprint density at radius 2 is 2.08 bits per heavy atom. The van der Waals surface area contributed by atoms with E-state index >= 15 is 0 Å². The van der Waals surface area contributed by atoms with Gasteiger partial charge in [-0.25, -0.2) is 0 Å². The highest BCUT2D eigenvalue weighted by atomic mass is 35.5. The molecule has 7 heteroatoms. The van der Waals surface area contributed by atoms with Crippen LogP contribution in [0.15, 0.2) is 36.4 Å². The van der Waals surface area contributed by atoms with Crippen LogP contribution in [-0.4, -0.2) is 43.8 Å². The number of rotatable bonds is 4. The maximum Gasteiger partial charge on any atom is 0.244 e. The minimum atomic E-state index is 0.320. The minimum Gasteiger partial charge on any atom is -0.349 e. The number of hydrogen-bond donors (Lipinski definition) is 1. The molecule has 0 spiro atoms. The number of anilines is 1. The molecule has 0 unspecified atom stereocenters. The molecule has 0 aliphatic carbocycles. The number of hydrogen-bond acceptors (Lipinski definition) is 5. The number of benzene rings is 1. The normalized spacial score (nSPS) is 18.6. The van der Waals surface area contributed by atoms with Crippen LogP contribution in [0.4, 0.5) is 5.95 Å². The Morgan fingerprint density at radius 1 is 1.24 bits per heavy atom. The number of fused-ring (bicyclic) bond motifs is 1. The lowest BCUT2D eigenvalue weighted by molar-refractivity contribution is 0.208. The first kappa shape index (κ1) is 16.3. The van der Waals surface area contributed by atoms with Gasteiger partial charge in [-0.15, -0.1) is 10.2 Å². The molecule has 2 aromatic heterocycles. The van der Waals surface area contributed by atoms with Crippen LogP contribution in [-0.2, 0) is 6.54 Å². The highest BCUT2D eigenvalue weighted by Gasteiger charge is 2.22. The number of halogens is 1. The van der Waals surface area contributed by atoms with Gasteiger partial charge < -0.3 is 5.32 Å². The molecular formula is C18H21ClN6. The molecule has 1 aromatic carbocycles. The van der Waals surface area contributed by atoms with E-state index in [0.717, 1.165) is 43.7 Å². The smallest absolute Gasteiger partial charge is 0.244 e. The van der Waals surface area contributed by atoms with E-state index in [0.29, 0.717) is 17.1 Å². The number of aryl methyl sites for hydroxylation is 1. The van der Waals surface area contributed by atoms with Gasteiger partial charge in [0.05, 0.1) is 5.69 Å². The van der Waals surface area contributed by atoms with E-state index < -0.39 is 0 Å². The third kappa shape index (κ3) is 3.60. The van der Waals surface area contributed by atoms with Crippen molar-refractivity contribution in [3.05, 3.63) is 52.8 Å². The molecule has 25 heavy (non-hydrogen) atoms. The molecule has 4 rings (SSSR count). The van der Waals surface area contributed by atoms with Crippen LogP contribution in [0.3, 0.4) is 0 Å². The molecule has 0 saturated carbocycles. The van der Waals surface area contributed by atoms with Crippen LogP contribution >= 0.6 is 11.6 Å². The zero-order chi connectivity index (χ0) is 17.2. The van der Waals surface area contributed by atoms with Crippen molar-refractivity contribution < 1.29 is 0 Å². The van der Waals surface area contributed by atoms with Gasteiger partial charge in [0.2, 0.25) is 5.95 Å². The second-order valence-electron chi connectivity index (χ2n) is 6.60. The topological polar surface area (TPSA) is 58.4 Å². The van der Waals surface area contributed by atoms with E-state index in [1.165, 1.54) is 5.56 Å². The molecule has 1 saturated heterocycles. The van der Waals surface area contributed by atoms with Crippen molar-refractivity contribution in [1.29, 1.82) is 0 Å². The van der Waals surface area contributed by atoms with Gasteiger partial charge in [-0.2, -0.15) is 9.61 Å². The zero-order valence-electron chi connectivity index (χ0n) is 14.2. The van der Waals surface area contributed by atoms with Crippen molar-refractivity contribution in [3.63, 3.8) is 0 Å². The summed E-state index contributed by atoms with van der Waals surface area (Å²) in [6, 6.07) is 12.8. The van der Waals surface area contributed by atoms with Crippen LogP contribution in [0.1, 0.15) is 24.1 Å². The summed E-state index contributed by atoms with van der Waals surface area (Å²) in [5.74, 6) is 0.652. The number of likely N-dealkylation sites (tertiary alicyclic amines) is 1. The Hall–Kier alpha value is -2.18. The first-order valence-corrected chi connectivity index (χ1v) is 8.98. The first-order chi connectivity index (χ1) is 12.2. The number of nitrogens with zero attached hydrogens (tertiary/aromatic N) is 5. The number of nitrogens with one attached hydrogen (secondary N) is 1. The molecule has 1 fully saturated rings. The molecule has 3 heterocycles. The predicted octanol–water partition coefficient (Wildman–Crippen LogP) is 3.16. The van der Waals surface area contributed by atoms with Crippen LogP contribution in [0.2, 0.25) is 5.15 Å². The maximum absolute atomic E-state index is 6.13. The third-order valence-corrected chi connectivity index (χ3v) is 4.83. The van der Waals surface area contributed by atoms with E-state index in [9.17, 15) is 0 Å². The fourth-order valence-corrected chi connectivity index (χ4v) is 3.60. The molecule has 0 radical (unpaired) electrons. The third-order valence-electron chi connectivity index (χ3n) is 4.56. The lowest BCUT2D eigenvalue weighted by Gasteiger charge is -2.33. The predicted molar refractivity (Wildman–Crippen MR) is 98.9 cm³/mol. The van der Waals surface area contributed by atoms with Crippen LogP contribution in [0.5, 0.6) is 0 Å². The van der Waals surface area contributed by atoms with Crippen LogP contribution in [0.25, 0.3) is 5.52 Å². The lowest BCUT2D eigenvalue weighted by atomic mass is 10.0. The van der Waals surface area contributed by atoms with Crippen molar-refractivity contribution >= 4 is 23.1 Å². The maximum atomic E-state index is 6.13. The van der Waals surface area contributed by atoms with Crippen molar-refractivity contribution in [2.75, 3.05) is 18.4 Å². The molecule has 0 amide bonds. The summed E-state index contributed by atoms with van der Waals surface area (Å²) in [4.78, 5) is 2.48. The summed E-state index contributed by atoms with van der Waals surface area (Å²) < 4.78 is 1.75. The summed E-state index contributed by atoms with van der Waals surface area (Å²) >= 11 is 6.13. The van der Waals surface area contributed by atoms with Crippen molar-refractivity contribution in [3.8, 4) is 0 Å². The average Bonchev–Trinajstić information content (AvgIpc) is 3.02. The molecule has 1 atom stereocenters. The molecule has 0 bridgehead atoms. The molecule has 3 aromatic rings. The summed E-state index contributed by atoms with van der Waals surface area (Å²) in [7, 11) is 0. The van der Waals surface area contributed by atoms with Gasteiger partial charge in [-0.1, -0.05) is 41.9 Å². The lowest BCUT2D eigenvalue weighted by Crippen LogP contribution is -2.42. The first-order valence-electron chi connectivity index (χ1n) is 8.60. The monoisotopic (exact) mass is 356 g/mol. The average molecular weight is 357 g/mol. The van der Waals surface area contributed by atoms with Gasteiger partial charge in [-0.05, 0) is 37.9 Å². The van der Waals surface area contributed by atoms with Crippen LogP contribution in [0, 0.1) is 6.92 Å². The second kappa shape index (κ2) is 6.98. The van der Waals surface area contributed by atoms with E-state index in [1.807, 2.05) is 13.0 Å². The minimum absolute atomic E-state index is 0.320. The van der Waals surface area contributed by atoms with Gasteiger partial charge in [0.15, 0.2) is 5.15 Å². The SMILES string of the molecule is Cc1cc2c(Cl)nnc(N[C@@H]3CCCN(Cc4ccccc4)C3)n2n1. The highest BCUT2D eigenvalue weighted by molar-refractivity contribution is 6.32. The van der Waals surface area contributed by atoms with Crippen molar-refractivity contribution in [1.82, 2.24) is 24.7 Å². The molecule has 130 valence electrons. The van der Waals surface area contributed by atoms with Gasteiger partial charge in [-0.3, -0.25) is 4.90 Å². The Balaban J connectivity index is 1.48. The second-order valence-corrected chi connectivity index (χ2v) is 6.96. The summed E-state index contributed by atoms with van der Waals surface area (Å²) in [5.41, 5.74) is 3.03. The van der Waals surface area contributed by atoms with Gasteiger partial charge in [0.25, 0.3) is 0 Å². The number of piperidine rings is 1. The van der Waals surface area contributed by atoms with Crippen molar-refractivity contribution in [2.45, 2.75) is 32.4 Å². The largest absolute Gasteiger partial charge is 0.349 e. The fourth-order valence-electron chi connectivity index (χ4n) is 3.42. The van der Waals surface area contributed by atoms with E-state index in [2.05, 4.69) is 55.8 Å². The van der Waals surface area contributed by atoms with Crippen LogP contribution < -0.4 is 5.32 Å². The Morgan fingerprint density at radius 3 is 2.92 bits per heavy atom. The summed E-state index contributed by atoms with van der Waals surface area (Å²) in [6.45, 7) is 5.01. The highest BCUT2D eigenvalue weighted by Crippen LogP contribution is 2.20. The van der Waals surface area contributed by atoms with Gasteiger partial charge in [0, 0.05) is 19.1 Å². The molecule has 1 N–H and O–H groups in total. The van der Waals surface area contributed by atoms with E-state index in [-0.39, 0.29) is 0 Å². The summed E-state index contributed by atoms with van der Waals surface area (Å²) in [6.07, 6.45) is 2.27. The Labute approximate surface area is 151 Å². The standard InChI is InChI=1S/C18H21ClN6/c1-13-10-16-17(19)21-22-18(25(16)23-13)20-15-8-5-9-24(12-15)11-14-6-3-2-4-7-14/h2-4,6-7,10,15H,5,8-9,11-12H2,1H3,(H,20,22)/t15-/m1/s1. The van der Waals surface area contributed by atoms with Gasteiger partial charge >= 0.3 is 0 Å². The number of aromatic nitrogens is 4. The molecule has 6 nitrogen and oxygen atoms in total. The summed E-state index contributed by atoms with van der Waals surface area (Å²) in [5, 5.41) is 16.6. The molecular weight excluding hydrogens is 336 g/mol. The van der Waals surface area contributed by atoms with E-state index in [1.54, 1.807) is 4.52 Å². The Bertz CT molecular complexity index is 863. The molecule has 1 aliphatic rings. The zero-order valence-corrected chi connectivity index (χ0v) is 14.9. The fraction of sp³-hybridized carbons (Fsp3) is 0.389. The Kier molecular flexibility index (Phi) is 4.55.